The van der Waals surface area contributed by atoms with Crippen LogP contribution in [0.15, 0.2) is 30.3 Å². The van der Waals surface area contributed by atoms with Crippen molar-refractivity contribution in [3.05, 3.63) is 35.9 Å². The normalized spacial score (nSPS) is 21.8. The molecule has 2 aliphatic rings. The lowest BCUT2D eigenvalue weighted by Crippen LogP contribution is -2.42. The summed E-state index contributed by atoms with van der Waals surface area (Å²) in [5.74, 6) is 0.663. The Morgan fingerprint density at radius 3 is 2.32 bits per heavy atom. The average molecular weight is 344 g/mol. The Balaban J connectivity index is 1.54. The number of hydrogen-bond acceptors (Lipinski definition) is 3. The van der Waals surface area contributed by atoms with E-state index in [0.29, 0.717) is 5.92 Å². The van der Waals surface area contributed by atoms with E-state index in [4.69, 9.17) is 0 Å². The van der Waals surface area contributed by atoms with Gasteiger partial charge in [-0.2, -0.15) is 0 Å². The van der Waals surface area contributed by atoms with Gasteiger partial charge in [-0.1, -0.05) is 43.7 Å². The lowest BCUT2D eigenvalue weighted by Gasteiger charge is -2.30. The second-order valence-corrected chi connectivity index (χ2v) is 7.77. The molecule has 4 nitrogen and oxygen atoms in total. The zero-order chi connectivity index (χ0) is 17.5. The van der Waals surface area contributed by atoms with Gasteiger partial charge in [0.05, 0.1) is 0 Å². The van der Waals surface area contributed by atoms with Crippen molar-refractivity contribution in [2.75, 3.05) is 39.3 Å². The van der Waals surface area contributed by atoms with E-state index in [0.717, 1.165) is 31.7 Å². The largest absolute Gasteiger partial charge is 0.354 e. The minimum atomic E-state index is -0.133. The Kier molecular flexibility index (Phi) is 6.88. The summed E-state index contributed by atoms with van der Waals surface area (Å²) >= 11 is 0. The van der Waals surface area contributed by atoms with Gasteiger partial charge in [0.15, 0.2) is 0 Å². The highest BCUT2D eigenvalue weighted by molar-refractivity contribution is 5.83. The van der Waals surface area contributed by atoms with Crippen LogP contribution in [0.1, 0.15) is 50.6 Å². The second-order valence-electron chi connectivity index (χ2n) is 7.77. The molecule has 25 heavy (non-hydrogen) atoms. The van der Waals surface area contributed by atoms with E-state index in [-0.39, 0.29) is 11.9 Å². The summed E-state index contributed by atoms with van der Waals surface area (Å²) < 4.78 is 0. The third kappa shape index (κ3) is 5.29. The Labute approximate surface area is 152 Å². The van der Waals surface area contributed by atoms with E-state index >= 15 is 0 Å². The molecule has 0 aromatic heterocycles. The predicted molar refractivity (Wildman–Crippen MR) is 102 cm³/mol. The highest BCUT2D eigenvalue weighted by Crippen LogP contribution is 2.25. The van der Waals surface area contributed by atoms with E-state index in [1.54, 1.807) is 0 Å². The quantitative estimate of drug-likeness (QED) is 0.826. The van der Waals surface area contributed by atoms with Gasteiger partial charge in [0.25, 0.3) is 0 Å². The van der Waals surface area contributed by atoms with E-state index in [1.165, 1.54) is 45.2 Å². The first-order valence-corrected chi connectivity index (χ1v) is 10.0. The number of rotatable bonds is 7. The van der Waals surface area contributed by atoms with Crippen molar-refractivity contribution in [3.8, 4) is 0 Å². The van der Waals surface area contributed by atoms with Crippen LogP contribution in [0, 0.1) is 5.92 Å². The predicted octanol–water partition coefficient (Wildman–Crippen LogP) is 3.06. The summed E-state index contributed by atoms with van der Waals surface area (Å²) in [5.41, 5.74) is 1.12. The van der Waals surface area contributed by atoms with E-state index in [1.807, 2.05) is 18.2 Å². The van der Waals surface area contributed by atoms with Crippen molar-refractivity contribution in [2.45, 2.75) is 45.1 Å². The second kappa shape index (κ2) is 9.35. The molecular formula is C21H33N3O. The maximum Gasteiger partial charge on any atom is 0.241 e. The standard InChI is InChI=1S/C21H33N3O/c1-18(17-23-12-6-3-7-13-23)16-22-21(25)20(24-14-8-9-15-24)19-10-4-2-5-11-19/h2,4-5,10-11,18,20H,3,6-9,12-17H2,1H3,(H,22,25). The smallest absolute Gasteiger partial charge is 0.241 e. The number of amides is 1. The molecule has 2 fully saturated rings. The molecular weight excluding hydrogens is 310 g/mol. The molecule has 1 aromatic rings. The number of nitrogens with one attached hydrogen (secondary N) is 1. The minimum Gasteiger partial charge on any atom is -0.354 e. The summed E-state index contributed by atoms with van der Waals surface area (Å²) in [6, 6.07) is 10.1. The van der Waals surface area contributed by atoms with Crippen molar-refractivity contribution < 1.29 is 4.79 Å². The molecule has 2 aliphatic heterocycles. The molecule has 2 atom stereocenters. The van der Waals surface area contributed by atoms with Crippen LogP contribution in [0.4, 0.5) is 0 Å². The third-order valence-corrected chi connectivity index (χ3v) is 5.51. The molecule has 1 N–H and O–H groups in total. The van der Waals surface area contributed by atoms with Crippen molar-refractivity contribution >= 4 is 5.91 Å². The van der Waals surface area contributed by atoms with Crippen LogP contribution in [0.2, 0.25) is 0 Å². The van der Waals surface area contributed by atoms with Gasteiger partial charge in [-0.05, 0) is 63.3 Å². The van der Waals surface area contributed by atoms with Gasteiger partial charge in [0.2, 0.25) is 5.91 Å². The van der Waals surface area contributed by atoms with Crippen molar-refractivity contribution in [1.29, 1.82) is 0 Å². The van der Waals surface area contributed by atoms with Gasteiger partial charge in [0.1, 0.15) is 6.04 Å². The molecule has 138 valence electrons. The molecule has 2 saturated heterocycles. The lowest BCUT2D eigenvalue weighted by atomic mass is 10.0. The van der Waals surface area contributed by atoms with Crippen LogP contribution in [0.3, 0.4) is 0 Å². The molecule has 4 heteroatoms. The van der Waals surface area contributed by atoms with Gasteiger partial charge in [0, 0.05) is 13.1 Å². The Morgan fingerprint density at radius 2 is 1.64 bits per heavy atom. The number of benzene rings is 1. The molecule has 3 rings (SSSR count). The summed E-state index contributed by atoms with van der Waals surface area (Å²) in [5, 5.41) is 3.24. The number of piperidine rings is 1. The number of hydrogen-bond donors (Lipinski definition) is 1. The average Bonchev–Trinajstić information content (AvgIpc) is 3.16. The number of likely N-dealkylation sites (tertiary alicyclic amines) is 2. The Hall–Kier alpha value is -1.39. The van der Waals surface area contributed by atoms with E-state index in [9.17, 15) is 4.79 Å². The topological polar surface area (TPSA) is 35.6 Å². The Morgan fingerprint density at radius 1 is 1.00 bits per heavy atom. The molecule has 1 amide bonds. The van der Waals surface area contributed by atoms with Crippen LogP contribution in [0.5, 0.6) is 0 Å². The fourth-order valence-electron chi connectivity index (χ4n) is 4.18. The van der Waals surface area contributed by atoms with Crippen molar-refractivity contribution in [1.82, 2.24) is 15.1 Å². The van der Waals surface area contributed by atoms with Gasteiger partial charge in [-0.3, -0.25) is 9.69 Å². The maximum atomic E-state index is 13.0. The molecule has 1 aromatic carbocycles. The van der Waals surface area contributed by atoms with E-state index < -0.39 is 0 Å². The van der Waals surface area contributed by atoms with Crippen LogP contribution < -0.4 is 5.32 Å². The molecule has 0 spiro atoms. The van der Waals surface area contributed by atoms with Gasteiger partial charge in [-0.25, -0.2) is 0 Å². The third-order valence-electron chi connectivity index (χ3n) is 5.51. The highest BCUT2D eigenvalue weighted by atomic mass is 16.2. The highest BCUT2D eigenvalue weighted by Gasteiger charge is 2.29. The van der Waals surface area contributed by atoms with Crippen LogP contribution in [-0.4, -0.2) is 55.0 Å². The van der Waals surface area contributed by atoms with Crippen molar-refractivity contribution in [2.24, 2.45) is 5.92 Å². The summed E-state index contributed by atoms with van der Waals surface area (Å²) in [4.78, 5) is 17.8. The molecule has 2 unspecified atom stereocenters. The van der Waals surface area contributed by atoms with Crippen LogP contribution in [-0.2, 0) is 4.79 Å². The maximum absolute atomic E-state index is 13.0. The summed E-state index contributed by atoms with van der Waals surface area (Å²) in [6.07, 6.45) is 6.41. The van der Waals surface area contributed by atoms with Crippen LogP contribution >= 0.6 is 0 Å². The number of carbonyl (C=O) groups is 1. The SMILES string of the molecule is CC(CNC(=O)C(c1ccccc1)N1CCCC1)CN1CCCCC1. The molecule has 2 heterocycles. The lowest BCUT2D eigenvalue weighted by molar-refractivity contribution is -0.126. The zero-order valence-electron chi connectivity index (χ0n) is 15.6. The van der Waals surface area contributed by atoms with E-state index in [2.05, 4.69) is 34.2 Å². The fraction of sp³-hybridized carbons (Fsp3) is 0.667. The molecule has 0 radical (unpaired) electrons. The first-order chi connectivity index (χ1) is 12.2. The first-order valence-electron chi connectivity index (χ1n) is 10.0. The molecule has 0 saturated carbocycles. The van der Waals surface area contributed by atoms with Gasteiger partial charge >= 0.3 is 0 Å². The van der Waals surface area contributed by atoms with Crippen LogP contribution in [0.25, 0.3) is 0 Å². The minimum absolute atomic E-state index is 0.133. The molecule has 0 aliphatic carbocycles. The molecule has 0 bridgehead atoms. The summed E-state index contributed by atoms with van der Waals surface area (Å²) in [7, 11) is 0. The van der Waals surface area contributed by atoms with Gasteiger partial charge in [-0.15, -0.1) is 0 Å². The monoisotopic (exact) mass is 343 g/mol. The fourth-order valence-corrected chi connectivity index (χ4v) is 4.18. The van der Waals surface area contributed by atoms with Crippen molar-refractivity contribution in [3.63, 3.8) is 0 Å². The number of carbonyl (C=O) groups excluding carboxylic acids is 1. The Bertz CT molecular complexity index is 521. The van der Waals surface area contributed by atoms with Gasteiger partial charge < -0.3 is 10.2 Å². The first kappa shape index (κ1) is 18.4. The number of nitrogens with zero attached hydrogens (tertiary/aromatic N) is 2. The zero-order valence-corrected chi connectivity index (χ0v) is 15.6. The summed E-state index contributed by atoms with van der Waals surface area (Å²) in [6.45, 7) is 8.61.